The molecule has 1 rings (SSSR count). The number of terminal acetylenes is 1. The molecule has 2 heteroatoms. The zero-order valence-corrected chi connectivity index (χ0v) is 12.7. The van der Waals surface area contributed by atoms with Gasteiger partial charge in [-0.3, -0.25) is 4.79 Å². The highest BCUT2D eigenvalue weighted by molar-refractivity contribution is 5.69. The van der Waals surface area contributed by atoms with Crippen LogP contribution in [0.5, 0.6) is 0 Å². The predicted molar refractivity (Wildman–Crippen MR) is 80.7 cm³/mol. The van der Waals surface area contributed by atoms with E-state index < -0.39 is 0 Å². The van der Waals surface area contributed by atoms with Crippen molar-refractivity contribution >= 4 is 5.97 Å². The molecule has 0 bridgehead atoms. The fraction of sp³-hybridized carbons (Fsp3) is 0.706. The van der Waals surface area contributed by atoms with Crippen LogP contribution in [0, 0.1) is 18.3 Å². The van der Waals surface area contributed by atoms with Crippen molar-refractivity contribution in [2.24, 2.45) is 5.92 Å². The van der Waals surface area contributed by atoms with E-state index in [1.165, 1.54) is 38.4 Å². The maximum Gasteiger partial charge on any atom is 0.305 e. The fourth-order valence-corrected chi connectivity index (χ4v) is 2.12. The zero-order chi connectivity index (χ0) is 14.5. The van der Waals surface area contributed by atoms with Crippen LogP contribution in [0.4, 0.5) is 0 Å². The first-order chi connectivity index (χ1) is 9.10. The Labute approximate surface area is 118 Å². The van der Waals surface area contributed by atoms with E-state index in [0.29, 0.717) is 6.42 Å². The summed E-state index contributed by atoms with van der Waals surface area (Å²) < 4.78 is 4.50. The van der Waals surface area contributed by atoms with Crippen LogP contribution in [0.15, 0.2) is 11.6 Å². The molecule has 108 valence electrons. The third kappa shape index (κ3) is 11.6. The first-order valence-corrected chi connectivity index (χ1v) is 7.23. The number of hydrogen-bond acceptors (Lipinski definition) is 2. The van der Waals surface area contributed by atoms with E-state index >= 15 is 0 Å². The average Bonchev–Trinajstić information content (AvgIpc) is 2.88. The molecule has 0 aromatic rings. The minimum Gasteiger partial charge on any atom is -0.469 e. The van der Waals surface area contributed by atoms with Crippen molar-refractivity contribution in [3.8, 4) is 12.3 Å². The van der Waals surface area contributed by atoms with Crippen LogP contribution in [0.1, 0.15) is 65.2 Å². The Hall–Kier alpha value is -1.23. The van der Waals surface area contributed by atoms with Gasteiger partial charge in [0.25, 0.3) is 0 Å². The number of esters is 1. The van der Waals surface area contributed by atoms with Crippen molar-refractivity contribution in [1.29, 1.82) is 0 Å². The van der Waals surface area contributed by atoms with Gasteiger partial charge in [0, 0.05) is 12.8 Å². The quantitative estimate of drug-likeness (QED) is 0.316. The lowest BCUT2D eigenvalue weighted by Gasteiger charge is -1.99. The largest absolute Gasteiger partial charge is 0.469 e. The Morgan fingerprint density at radius 2 is 2.00 bits per heavy atom. The lowest BCUT2D eigenvalue weighted by atomic mass is 10.1. The van der Waals surface area contributed by atoms with Crippen molar-refractivity contribution < 1.29 is 9.53 Å². The monoisotopic (exact) mass is 264 g/mol. The number of carbonyl (C=O) groups is 1. The van der Waals surface area contributed by atoms with Gasteiger partial charge in [0.15, 0.2) is 0 Å². The molecular weight excluding hydrogens is 236 g/mol. The smallest absolute Gasteiger partial charge is 0.305 e. The average molecular weight is 264 g/mol. The molecule has 1 aliphatic rings. The summed E-state index contributed by atoms with van der Waals surface area (Å²) in [5.41, 5.74) is 1.30. The number of hydrogen-bond donors (Lipinski definition) is 0. The molecule has 0 heterocycles. The van der Waals surface area contributed by atoms with E-state index in [9.17, 15) is 4.79 Å². The second-order valence-electron chi connectivity index (χ2n) is 5.31. The Morgan fingerprint density at radius 3 is 2.47 bits per heavy atom. The molecule has 0 aromatic carbocycles. The summed E-state index contributed by atoms with van der Waals surface area (Å²) >= 11 is 0. The highest BCUT2D eigenvalue weighted by Crippen LogP contribution is 2.26. The van der Waals surface area contributed by atoms with Crippen LogP contribution in [0.2, 0.25) is 0 Å². The number of methoxy groups -OCH3 is 1. The molecule has 0 spiro atoms. The molecule has 19 heavy (non-hydrogen) atoms. The molecule has 1 fully saturated rings. The van der Waals surface area contributed by atoms with Gasteiger partial charge >= 0.3 is 5.97 Å². The van der Waals surface area contributed by atoms with Crippen LogP contribution in [-0.2, 0) is 9.53 Å². The summed E-state index contributed by atoms with van der Waals surface area (Å²) in [4.78, 5) is 10.6. The van der Waals surface area contributed by atoms with Crippen molar-refractivity contribution in [3.05, 3.63) is 11.6 Å². The topological polar surface area (TPSA) is 26.3 Å². The number of rotatable bonds is 5. The number of carbonyl (C=O) groups excluding carboxylic acids is 1. The third-order valence-electron chi connectivity index (χ3n) is 3.25. The molecule has 0 N–H and O–H groups in total. The fourth-order valence-electron chi connectivity index (χ4n) is 2.12. The Balaban J connectivity index is 0.000000356. The van der Waals surface area contributed by atoms with Gasteiger partial charge < -0.3 is 4.74 Å². The standard InChI is InChI=1S/C9H16O2.C8H12/c1-8(2)6-4-5-7-9(10)11-3;1-2-5-8-6-3-4-7-8/h6H,4-5,7H2,1-3H3;1,8H,3-7H2. The number of unbranched alkanes of at least 4 members (excludes halogenated alkanes) is 1. The number of ether oxygens (including phenoxy) is 1. The Bertz CT molecular complexity index is 300. The summed E-state index contributed by atoms with van der Waals surface area (Å²) in [5.74, 6) is 3.47. The van der Waals surface area contributed by atoms with Crippen molar-refractivity contribution in [2.45, 2.75) is 65.2 Å². The normalized spacial score (nSPS) is 14.0. The molecule has 0 saturated heterocycles. The molecule has 1 aliphatic carbocycles. The van der Waals surface area contributed by atoms with Crippen molar-refractivity contribution in [3.63, 3.8) is 0 Å². The first-order valence-electron chi connectivity index (χ1n) is 7.23. The maximum atomic E-state index is 10.6. The minimum atomic E-state index is -0.118. The van der Waals surface area contributed by atoms with Gasteiger partial charge in [-0.2, -0.15) is 0 Å². The van der Waals surface area contributed by atoms with Gasteiger partial charge in [-0.25, -0.2) is 0 Å². The summed E-state index contributed by atoms with van der Waals surface area (Å²) in [6.45, 7) is 4.11. The van der Waals surface area contributed by atoms with Crippen LogP contribution in [0.3, 0.4) is 0 Å². The summed E-state index contributed by atoms with van der Waals surface area (Å²) in [6, 6.07) is 0. The summed E-state index contributed by atoms with van der Waals surface area (Å²) in [6.07, 6.45) is 16.3. The van der Waals surface area contributed by atoms with Crippen molar-refractivity contribution in [1.82, 2.24) is 0 Å². The highest BCUT2D eigenvalue weighted by atomic mass is 16.5. The van der Waals surface area contributed by atoms with E-state index in [-0.39, 0.29) is 5.97 Å². The van der Waals surface area contributed by atoms with E-state index in [0.717, 1.165) is 25.2 Å². The van der Waals surface area contributed by atoms with E-state index in [4.69, 9.17) is 6.42 Å². The molecular formula is C17H28O2. The molecule has 0 radical (unpaired) electrons. The second-order valence-corrected chi connectivity index (χ2v) is 5.31. The van der Waals surface area contributed by atoms with E-state index in [2.05, 4.69) is 30.6 Å². The molecule has 0 aliphatic heterocycles. The molecule has 0 atom stereocenters. The highest BCUT2D eigenvalue weighted by Gasteiger charge is 2.12. The van der Waals surface area contributed by atoms with Crippen LogP contribution < -0.4 is 0 Å². The molecule has 1 saturated carbocycles. The molecule has 0 unspecified atom stereocenters. The van der Waals surface area contributed by atoms with Crippen LogP contribution in [0.25, 0.3) is 0 Å². The minimum absolute atomic E-state index is 0.118. The molecule has 0 aromatic heterocycles. The summed E-state index contributed by atoms with van der Waals surface area (Å²) in [5, 5.41) is 0. The second kappa shape index (κ2) is 11.8. The summed E-state index contributed by atoms with van der Waals surface area (Å²) in [7, 11) is 1.42. The number of allylic oxidation sites excluding steroid dienone is 2. The van der Waals surface area contributed by atoms with Gasteiger partial charge in [0.2, 0.25) is 0 Å². The van der Waals surface area contributed by atoms with E-state index in [1.807, 2.05) is 0 Å². The van der Waals surface area contributed by atoms with Crippen molar-refractivity contribution in [2.75, 3.05) is 7.11 Å². The maximum absolute atomic E-state index is 10.6. The Kier molecular flexibility index (Phi) is 11.1. The SMILES string of the molecule is C#CCC1CCCC1.COC(=O)CCCC=C(C)C. The lowest BCUT2D eigenvalue weighted by molar-refractivity contribution is -0.140. The Morgan fingerprint density at radius 1 is 1.37 bits per heavy atom. The van der Waals surface area contributed by atoms with Crippen LogP contribution in [-0.4, -0.2) is 13.1 Å². The predicted octanol–water partition coefficient (Wildman–Crippen LogP) is 4.50. The van der Waals surface area contributed by atoms with Crippen LogP contribution >= 0.6 is 0 Å². The lowest BCUT2D eigenvalue weighted by Crippen LogP contribution is -1.98. The molecule has 2 nitrogen and oxygen atoms in total. The van der Waals surface area contributed by atoms with Gasteiger partial charge in [-0.15, -0.1) is 12.3 Å². The zero-order valence-electron chi connectivity index (χ0n) is 12.7. The van der Waals surface area contributed by atoms with Gasteiger partial charge in [-0.05, 0) is 45.4 Å². The third-order valence-corrected chi connectivity index (χ3v) is 3.25. The first kappa shape index (κ1) is 17.8. The van der Waals surface area contributed by atoms with Gasteiger partial charge in [-0.1, -0.05) is 24.5 Å². The molecule has 0 amide bonds. The van der Waals surface area contributed by atoms with Gasteiger partial charge in [0.05, 0.1) is 7.11 Å². The van der Waals surface area contributed by atoms with Gasteiger partial charge in [0.1, 0.15) is 0 Å². The van der Waals surface area contributed by atoms with E-state index in [1.54, 1.807) is 0 Å².